The molecule has 0 bridgehead atoms. The highest BCUT2D eigenvalue weighted by Crippen LogP contribution is 2.48. The van der Waals surface area contributed by atoms with Gasteiger partial charge in [0.25, 0.3) is 11.7 Å². The SMILES string of the molecule is COc1c(Cl)cc(/C(O)=C2\C(=O)C(=O)N(c3cccc(F)c3)C2c2ccc(O)c([N+](=O)[O-])c2)c(OC)c1Cl. The van der Waals surface area contributed by atoms with Crippen molar-refractivity contribution in [3.63, 3.8) is 0 Å². The zero-order chi connectivity index (χ0) is 27.9. The number of phenols is 1. The monoisotopic (exact) mass is 562 g/mol. The number of aliphatic hydroxyl groups is 1. The van der Waals surface area contributed by atoms with Gasteiger partial charge in [0.1, 0.15) is 16.6 Å². The third-order valence-electron chi connectivity index (χ3n) is 5.84. The molecule has 1 saturated heterocycles. The number of phenolic OH excluding ortho intramolecular Hbond substituents is 1. The number of carbonyl (C=O) groups excluding carboxylic acids is 2. The van der Waals surface area contributed by atoms with Gasteiger partial charge in [-0.2, -0.15) is 0 Å². The number of amides is 1. The smallest absolute Gasteiger partial charge is 0.311 e. The minimum Gasteiger partial charge on any atom is -0.507 e. The number of rotatable bonds is 6. The Hall–Kier alpha value is -4.35. The highest BCUT2D eigenvalue weighted by molar-refractivity contribution is 6.52. The lowest BCUT2D eigenvalue weighted by molar-refractivity contribution is -0.385. The minimum atomic E-state index is -1.49. The first-order chi connectivity index (χ1) is 18.0. The second-order valence-corrected chi connectivity index (χ2v) is 8.73. The number of anilines is 1. The molecule has 38 heavy (non-hydrogen) atoms. The summed E-state index contributed by atoms with van der Waals surface area (Å²) in [6.45, 7) is 0. The van der Waals surface area contributed by atoms with Crippen LogP contribution in [0.3, 0.4) is 0 Å². The van der Waals surface area contributed by atoms with Crippen molar-refractivity contribution >= 4 is 52.0 Å². The van der Waals surface area contributed by atoms with Crippen LogP contribution in [0, 0.1) is 15.9 Å². The van der Waals surface area contributed by atoms with Crippen LogP contribution in [0.5, 0.6) is 17.2 Å². The average Bonchev–Trinajstić information content (AvgIpc) is 3.14. The summed E-state index contributed by atoms with van der Waals surface area (Å²) in [6.07, 6.45) is 0. The lowest BCUT2D eigenvalue weighted by Gasteiger charge is -2.25. The Morgan fingerprint density at radius 2 is 1.76 bits per heavy atom. The molecular formula is C25H17Cl2FN2O8. The molecule has 13 heteroatoms. The van der Waals surface area contributed by atoms with Crippen LogP contribution in [0.4, 0.5) is 15.8 Å². The molecule has 3 aromatic rings. The first kappa shape index (κ1) is 26.7. The number of nitrogens with zero attached hydrogens (tertiary/aromatic N) is 2. The van der Waals surface area contributed by atoms with Gasteiger partial charge >= 0.3 is 5.69 Å². The number of aliphatic hydroxyl groups excluding tert-OH is 1. The number of ketones is 1. The van der Waals surface area contributed by atoms with E-state index in [1.807, 2.05) is 0 Å². The fourth-order valence-corrected chi connectivity index (χ4v) is 4.88. The Balaban J connectivity index is 2.06. The van der Waals surface area contributed by atoms with Crippen LogP contribution in [0.25, 0.3) is 5.76 Å². The summed E-state index contributed by atoms with van der Waals surface area (Å²) in [7, 11) is 2.53. The standard InChI is InChI=1S/C25H17Cl2FN2O8/c1-37-23-14(10-15(26)24(38-2)19(23)27)21(32)18-20(11-6-7-17(31)16(8-11)30(35)36)29(25(34)22(18)33)13-5-3-4-12(28)9-13/h3-10,20,31-32H,1-2H3/b21-18+. The Kier molecular flexibility index (Phi) is 7.16. The van der Waals surface area contributed by atoms with E-state index in [9.17, 15) is 34.3 Å². The second kappa shape index (κ2) is 10.2. The first-order valence-electron chi connectivity index (χ1n) is 10.7. The fourth-order valence-electron chi connectivity index (χ4n) is 4.19. The molecule has 0 aliphatic carbocycles. The maximum absolute atomic E-state index is 14.1. The van der Waals surface area contributed by atoms with Gasteiger partial charge in [0.05, 0.1) is 41.3 Å². The third-order valence-corrected chi connectivity index (χ3v) is 6.46. The molecule has 2 N–H and O–H groups in total. The zero-order valence-corrected chi connectivity index (χ0v) is 21.1. The van der Waals surface area contributed by atoms with E-state index in [1.165, 1.54) is 38.5 Å². The summed E-state index contributed by atoms with van der Waals surface area (Å²) in [5, 5.41) is 32.6. The van der Waals surface area contributed by atoms with E-state index >= 15 is 0 Å². The van der Waals surface area contributed by atoms with Gasteiger partial charge in [0.2, 0.25) is 0 Å². The van der Waals surface area contributed by atoms with Gasteiger partial charge in [0.15, 0.2) is 17.2 Å². The highest BCUT2D eigenvalue weighted by atomic mass is 35.5. The highest BCUT2D eigenvalue weighted by Gasteiger charge is 2.48. The second-order valence-electron chi connectivity index (χ2n) is 7.94. The van der Waals surface area contributed by atoms with E-state index < -0.39 is 51.2 Å². The lowest BCUT2D eigenvalue weighted by atomic mass is 9.94. The maximum atomic E-state index is 14.1. The summed E-state index contributed by atoms with van der Waals surface area (Å²) >= 11 is 12.6. The van der Waals surface area contributed by atoms with E-state index in [-0.39, 0.29) is 38.4 Å². The Bertz CT molecular complexity index is 1540. The van der Waals surface area contributed by atoms with Crippen molar-refractivity contribution in [3.05, 3.63) is 91.2 Å². The molecule has 1 heterocycles. The third kappa shape index (κ3) is 4.35. The summed E-state index contributed by atoms with van der Waals surface area (Å²) in [5.41, 5.74) is -1.53. The van der Waals surface area contributed by atoms with Crippen molar-refractivity contribution < 1.29 is 38.6 Å². The molecule has 1 unspecified atom stereocenters. The van der Waals surface area contributed by atoms with Crippen molar-refractivity contribution in [2.75, 3.05) is 19.1 Å². The maximum Gasteiger partial charge on any atom is 0.311 e. The first-order valence-corrected chi connectivity index (χ1v) is 11.4. The van der Waals surface area contributed by atoms with Crippen LogP contribution in [-0.4, -0.2) is 41.0 Å². The van der Waals surface area contributed by atoms with Crippen molar-refractivity contribution in [1.29, 1.82) is 0 Å². The number of methoxy groups -OCH3 is 2. The van der Waals surface area contributed by atoms with Crippen LogP contribution >= 0.6 is 23.2 Å². The summed E-state index contributed by atoms with van der Waals surface area (Å²) in [5.74, 6) is -4.62. The van der Waals surface area contributed by atoms with Crippen LogP contribution < -0.4 is 14.4 Å². The lowest BCUT2D eigenvalue weighted by Crippen LogP contribution is -2.29. The quantitative estimate of drug-likeness (QED) is 0.134. The number of aromatic hydroxyl groups is 1. The van der Waals surface area contributed by atoms with E-state index in [2.05, 4.69) is 0 Å². The molecule has 0 radical (unpaired) electrons. The number of nitro groups is 1. The van der Waals surface area contributed by atoms with Gasteiger partial charge in [-0.05, 0) is 35.9 Å². The van der Waals surface area contributed by atoms with Crippen molar-refractivity contribution in [3.8, 4) is 17.2 Å². The number of hydrogen-bond donors (Lipinski definition) is 2. The molecule has 0 saturated carbocycles. The molecule has 1 atom stereocenters. The molecule has 4 rings (SSSR count). The molecule has 1 fully saturated rings. The number of Topliss-reactive ketones (excluding diaryl/α,β-unsaturated/α-hetero) is 1. The molecule has 196 valence electrons. The van der Waals surface area contributed by atoms with Crippen LogP contribution in [0.1, 0.15) is 17.2 Å². The van der Waals surface area contributed by atoms with Crippen molar-refractivity contribution in [1.82, 2.24) is 0 Å². The number of halogens is 3. The topological polar surface area (TPSA) is 139 Å². The number of benzene rings is 3. The fraction of sp³-hybridized carbons (Fsp3) is 0.120. The van der Waals surface area contributed by atoms with Gasteiger partial charge < -0.3 is 19.7 Å². The predicted molar refractivity (Wildman–Crippen MR) is 136 cm³/mol. The summed E-state index contributed by atoms with van der Waals surface area (Å²) < 4.78 is 24.6. The van der Waals surface area contributed by atoms with Crippen molar-refractivity contribution in [2.24, 2.45) is 0 Å². The molecule has 1 aliphatic rings. The van der Waals surface area contributed by atoms with E-state index in [0.717, 1.165) is 29.2 Å². The Labute approximate surface area is 224 Å². The molecule has 0 aromatic heterocycles. The van der Waals surface area contributed by atoms with E-state index in [0.29, 0.717) is 0 Å². The van der Waals surface area contributed by atoms with Crippen LogP contribution in [-0.2, 0) is 9.59 Å². The predicted octanol–water partition coefficient (Wildman–Crippen LogP) is 5.39. The van der Waals surface area contributed by atoms with Gasteiger partial charge in [0, 0.05) is 11.8 Å². The molecular weight excluding hydrogens is 546 g/mol. The Morgan fingerprint density at radius 3 is 2.37 bits per heavy atom. The van der Waals surface area contributed by atoms with Gasteiger partial charge in [-0.25, -0.2) is 4.39 Å². The number of hydrogen-bond acceptors (Lipinski definition) is 8. The zero-order valence-electron chi connectivity index (χ0n) is 19.6. The van der Waals surface area contributed by atoms with E-state index in [4.69, 9.17) is 32.7 Å². The number of ether oxygens (including phenoxy) is 2. The van der Waals surface area contributed by atoms with Gasteiger partial charge in [-0.15, -0.1) is 0 Å². The average molecular weight is 563 g/mol. The summed E-state index contributed by atoms with van der Waals surface area (Å²) in [6, 6.07) is 7.62. The van der Waals surface area contributed by atoms with Gasteiger partial charge in [-0.1, -0.05) is 35.3 Å². The van der Waals surface area contributed by atoms with Crippen LogP contribution in [0.2, 0.25) is 10.0 Å². The minimum absolute atomic E-state index is 0.0210. The van der Waals surface area contributed by atoms with Gasteiger partial charge in [-0.3, -0.25) is 24.6 Å². The molecule has 1 aliphatic heterocycles. The molecule has 1 amide bonds. The van der Waals surface area contributed by atoms with E-state index in [1.54, 1.807) is 0 Å². The summed E-state index contributed by atoms with van der Waals surface area (Å²) in [4.78, 5) is 38.1. The van der Waals surface area contributed by atoms with Crippen molar-refractivity contribution in [2.45, 2.75) is 6.04 Å². The normalized spacial score (nSPS) is 16.6. The number of nitro benzene ring substituents is 1. The molecule has 0 spiro atoms. The molecule has 3 aromatic carbocycles. The Morgan fingerprint density at radius 1 is 1.08 bits per heavy atom. The molecule has 10 nitrogen and oxygen atoms in total. The van der Waals surface area contributed by atoms with Crippen LogP contribution in [0.15, 0.2) is 54.1 Å². The largest absolute Gasteiger partial charge is 0.507 e. The number of carbonyl (C=O) groups is 2.